The van der Waals surface area contributed by atoms with E-state index >= 15 is 0 Å². The molecule has 0 aliphatic carbocycles. The summed E-state index contributed by atoms with van der Waals surface area (Å²) in [7, 11) is 0. The maximum atomic E-state index is 5.97. The molecule has 18 heavy (non-hydrogen) atoms. The lowest BCUT2D eigenvalue weighted by molar-refractivity contribution is 0.0957. The summed E-state index contributed by atoms with van der Waals surface area (Å²) < 4.78 is 1.05. The zero-order valence-electron chi connectivity index (χ0n) is 11.0. The van der Waals surface area contributed by atoms with E-state index in [1.165, 1.54) is 31.4 Å². The number of nitrogens with two attached hydrogens (primary N) is 1. The number of piperidine rings is 1. The van der Waals surface area contributed by atoms with Crippen LogP contribution < -0.4 is 5.73 Å². The lowest BCUT2D eigenvalue weighted by atomic mass is 9.85. The van der Waals surface area contributed by atoms with Crippen LogP contribution in [0.5, 0.6) is 0 Å². The van der Waals surface area contributed by atoms with Gasteiger partial charge < -0.3 is 5.73 Å². The van der Waals surface area contributed by atoms with Crippen LogP contribution in [0.25, 0.3) is 0 Å². The second-order valence-corrected chi connectivity index (χ2v) is 5.97. The molecule has 2 heterocycles. The summed E-state index contributed by atoms with van der Waals surface area (Å²) in [6.45, 7) is 5.33. The van der Waals surface area contributed by atoms with Crippen molar-refractivity contribution >= 4 is 15.9 Å². The van der Waals surface area contributed by atoms with Crippen LogP contribution in [0.15, 0.2) is 22.9 Å². The largest absolute Gasteiger partial charge is 0.330 e. The highest BCUT2D eigenvalue weighted by Crippen LogP contribution is 2.35. The highest BCUT2D eigenvalue weighted by molar-refractivity contribution is 9.10. The maximum Gasteiger partial charge on any atom is 0.0410 e. The summed E-state index contributed by atoms with van der Waals surface area (Å²) >= 11 is 3.52. The second kappa shape index (κ2) is 6.64. The highest BCUT2D eigenvalue weighted by Gasteiger charge is 2.31. The third-order valence-electron chi connectivity index (χ3n) is 3.74. The smallest absolute Gasteiger partial charge is 0.0410 e. The molecule has 2 rings (SSSR count). The van der Waals surface area contributed by atoms with Crippen molar-refractivity contribution in [2.24, 2.45) is 11.7 Å². The van der Waals surface area contributed by atoms with E-state index in [4.69, 9.17) is 5.73 Å². The molecule has 1 aromatic rings. The van der Waals surface area contributed by atoms with Crippen LogP contribution in [0.1, 0.15) is 37.8 Å². The molecule has 2 unspecified atom stereocenters. The van der Waals surface area contributed by atoms with Gasteiger partial charge in [0.2, 0.25) is 0 Å². The van der Waals surface area contributed by atoms with Gasteiger partial charge in [-0.3, -0.25) is 9.88 Å². The second-order valence-electron chi connectivity index (χ2n) is 5.06. The number of nitrogens with zero attached hydrogens (tertiary/aromatic N) is 2. The molecule has 1 fully saturated rings. The molecule has 0 radical (unpaired) electrons. The first-order chi connectivity index (χ1) is 8.76. The predicted octanol–water partition coefficient (Wildman–Crippen LogP) is 2.97. The molecule has 1 aromatic heterocycles. The Morgan fingerprint density at radius 2 is 2.33 bits per heavy atom. The van der Waals surface area contributed by atoms with Crippen molar-refractivity contribution in [2.45, 2.75) is 32.2 Å². The van der Waals surface area contributed by atoms with Crippen LogP contribution >= 0.6 is 15.9 Å². The van der Waals surface area contributed by atoms with Crippen molar-refractivity contribution < 1.29 is 0 Å². The Bertz CT molecular complexity index is 381. The molecule has 0 aromatic carbocycles. The van der Waals surface area contributed by atoms with E-state index in [2.05, 4.69) is 38.8 Å². The third-order valence-corrected chi connectivity index (χ3v) is 4.17. The van der Waals surface area contributed by atoms with Gasteiger partial charge in [0.25, 0.3) is 0 Å². The number of pyridine rings is 1. The van der Waals surface area contributed by atoms with E-state index in [0.29, 0.717) is 12.0 Å². The van der Waals surface area contributed by atoms with Gasteiger partial charge in [0.1, 0.15) is 0 Å². The molecule has 2 N–H and O–H groups in total. The summed E-state index contributed by atoms with van der Waals surface area (Å²) in [6, 6.07) is 2.63. The fourth-order valence-corrected chi connectivity index (χ4v) is 3.39. The van der Waals surface area contributed by atoms with Gasteiger partial charge in [-0.1, -0.05) is 6.92 Å². The number of halogens is 1. The number of hydrogen-bond donors (Lipinski definition) is 1. The first-order valence-electron chi connectivity index (χ1n) is 6.80. The Hall–Kier alpha value is -0.450. The number of hydrogen-bond acceptors (Lipinski definition) is 3. The molecule has 3 nitrogen and oxygen atoms in total. The molecular weight excluding hydrogens is 290 g/mol. The minimum absolute atomic E-state index is 0.439. The molecular formula is C14H22BrN3. The third kappa shape index (κ3) is 3.11. The van der Waals surface area contributed by atoms with Crippen molar-refractivity contribution in [1.82, 2.24) is 9.88 Å². The van der Waals surface area contributed by atoms with E-state index in [0.717, 1.165) is 17.6 Å². The highest BCUT2D eigenvalue weighted by atomic mass is 79.9. The number of aromatic nitrogens is 1. The van der Waals surface area contributed by atoms with Crippen LogP contribution in [0.2, 0.25) is 0 Å². The van der Waals surface area contributed by atoms with Crippen molar-refractivity contribution in [3.8, 4) is 0 Å². The Kier molecular flexibility index (Phi) is 5.15. The lowest BCUT2D eigenvalue weighted by Gasteiger charge is -2.41. The van der Waals surface area contributed by atoms with E-state index in [1.807, 2.05) is 12.4 Å². The van der Waals surface area contributed by atoms with Crippen LogP contribution in [0.3, 0.4) is 0 Å². The van der Waals surface area contributed by atoms with Crippen molar-refractivity contribution in [3.63, 3.8) is 0 Å². The fraction of sp³-hybridized carbons (Fsp3) is 0.643. The SMILES string of the molecule is CCCN1CCCC(CN)C1c1cncc(Br)c1. The van der Waals surface area contributed by atoms with E-state index in [-0.39, 0.29) is 0 Å². The minimum Gasteiger partial charge on any atom is -0.330 e. The standard InChI is InChI=1S/C14H22BrN3/c1-2-5-18-6-3-4-11(8-16)14(18)12-7-13(15)10-17-9-12/h7,9-11,14H,2-6,8,16H2,1H3. The summed E-state index contributed by atoms with van der Waals surface area (Å²) in [5.74, 6) is 0.557. The first kappa shape index (κ1) is 14.0. The van der Waals surface area contributed by atoms with Gasteiger partial charge in [-0.25, -0.2) is 0 Å². The Labute approximate surface area is 118 Å². The fourth-order valence-electron chi connectivity index (χ4n) is 3.01. The zero-order chi connectivity index (χ0) is 13.0. The molecule has 0 bridgehead atoms. The van der Waals surface area contributed by atoms with Crippen molar-refractivity contribution in [1.29, 1.82) is 0 Å². The molecule has 1 saturated heterocycles. The van der Waals surface area contributed by atoms with Crippen LogP contribution in [-0.4, -0.2) is 29.5 Å². The maximum absolute atomic E-state index is 5.97. The summed E-state index contributed by atoms with van der Waals surface area (Å²) in [5, 5.41) is 0. The van der Waals surface area contributed by atoms with Crippen LogP contribution in [0, 0.1) is 5.92 Å². The zero-order valence-corrected chi connectivity index (χ0v) is 12.6. The lowest BCUT2D eigenvalue weighted by Crippen LogP contribution is -2.42. The molecule has 0 amide bonds. The average Bonchev–Trinajstić information content (AvgIpc) is 2.38. The summed E-state index contributed by atoms with van der Waals surface area (Å²) in [5.41, 5.74) is 7.27. The molecule has 1 aliphatic rings. The van der Waals surface area contributed by atoms with E-state index in [1.54, 1.807) is 0 Å². The topological polar surface area (TPSA) is 42.1 Å². The van der Waals surface area contributed by atoms with Gasteiger partial charge in [-0.15, -0.1) is 0 Å². The Balaban J connectivity index is 2.27. The van der Waals surface area contributed by atoms with Crippen molar-refractivity contribution in [2.75, 3.05) is 19.6 Å². The first-order valence-corrected chi connectivity index (χ1v) is 7.60. The van der Waals surface area contributed by atoms with Crippen molar-refractivity contribution in [3.05, 3.63) is 28.5 Å². The molecule has 2 atom stereocenters. The van der Waals surface area contributed by atoms with Gasteiger partial charge in [0.05, 0.1) is 0 Å². The number of likely N-dealkylation sites (tertiary alicyclic amines) is 1. The molecule has 1 aliphatic heterocycles. The van der Waals surface area contributed by atoms with Gasteiger partial charge in [0.15, 0.2) is 0 Å². The summed E-state index contributed by atoms with van der Waals surface area (Å²) in [4.78, 5) is 6.88. The van der Waals surface area contributed by atoms with E-state index < -0.39 is 0 Å². The average molecular weight is 312 g/mol. The van der Waals surface area contributed by atoms with Gasteiger partial charge in [0, 0.05) is 22.9 Å². The Morgan fingerprint density at radius 1 is 1.50 bits per heavy atom. The van der Waals surface area contributed by atoms with Gasteiger partial charge >= 0.3 is 0 Å². The molecule has 100 valence electrons. The normalized spacial score (nSPS) is 25.3. The quantitative estimate of drug-likeness (QED) is 0.929. The Morgan fingerprint density at radius 3 is 3.00 bits per heavy atom. The monoisotopic (exact) mass is 311 g/mol. The summed E-state index contributed by atoms with van der Waals surface area (Å²) in [6.07, 6.45) is 7.52. The molecule has 0 spiro atoms. The molecule has 4 heteroatoms. The predicted molar refractivity (Wildman–Crippen MR) is 78.3 cm³/mol. The van der Waals surface area contributed by atoms with Crippen LogP contribution in [0.4, 0.5) is 0 Å². The number of rotatable bonds is 4. The van der Waals surface area contributed by atoms with Gasteiger partial charge in [-0.2, -0.15) is 0 Å². The van der Waals surface area contributed by atoms with Gasteiger partial charge in [-0.05, 0) is 72.4 Å². The molecule has 0 saturated carbocycles. The van der Waals surface area contributed by atoms with E-state index in [9.17, 15) is 0 Å². The minimum atomic E-state index is 0.439. The van der Waals surface area contributed by atoms with Crippen LogP contribution in [-0.2, 0) is 0 Å².